The van der Waals surface area contributed by atoms with Crippen molar-refractivity contribution in [2.45, 2.75) is 44.6 Å². The van der Waals surface area contributed by atoms with Crippen LogP contribution in [-0.4, -0.2) is 43.7 Å². The molecule has 0 radical (unpaired) electrons. The van der Waals surface area contributed by atoms with Crippen LogP contribution >= 0.6 is 0 Å². The number of methoxy groups -OCH3 is 2. The summed E-state index contributed by atoms with van der Waals surface area (Å²) in [6.07, 6.45) is 6.55. The highest BCUT2D eigenvalue weighted by Crippen LogP contribution is 2.37. The highest BCUT2D eigenvalue weighted by molar-refractivity contribution is 5.98. The highest BCUT2D eigenvalue weighted by Gasteiger charge is 2.36. The van der Waals surface area contributed by atoms with Gasteiger partial charge in [-0.2, -0.15) is 0 Å². The zero-order chi connectivity index (χ0) is 17.8. The lowest BCUT2D eigenvalue weighted by atomic mass is 9.78. The smallest absolute Gasteiger partial charge is 0.411 e. The minimum atomic E-state index is -0.554. The molecule has 1 aliphatic carbocycles. The summed E-state index contributed by atoms with van der Waals surface area (Å²) in [4.78, 5) is 26.6. The van der Waals surface area contributed by atoms with Gasteiger partial charge in [0.1, 0.15) is 5.75 Å². The number of carbonyl (C=O) groups excluding carboxylic acids is 2. The van der Waals surface area contributed by atoms with Crippen molar-refractivity contribution in [3.63, 3.8) is 0 Å². The summed E-state index contributed by atoms with van der Waals surface area (Å²) < 4.78 is 10.0. The van der Waals surface area contributed by atoms with Crippen LogP contribution in [0.1, 0.15) is 48.9 Å². The molecule has 2 atom stereocenters. The summed E-state index contributed by atoms with van der Waals surface area (Å²) in [5.41, 5.74) is 1.08. The molecule has 3 rings (SSSR count). The summed E-state index contributed by atoms with van der Waals surface area (Å²) >= 11 is 0. The molecule has 1 saturated carbocycles. The zero-order valence-electron chi connectivity index (χ0n) is 14.9. The number of hydrogen-bond donors (Lipinski definition) is 1. The molecule has 2 amide bonds. The zero-order valence-corrected chi connectivity index (χ0v) is 14.9. The van der Waals surface area contributed by atoms with Crippen molar-refractivity contribution in [2.75, 3.05) is 26.1 Å². The lowest BCUT2D eigenvalue weighted by molar-refractivity contribution is 0.0388. The van der Waals surface area contributed by atoms with E-state index < -0.39 is 6.09 Å². The number of nitrogens with one attached hydrogen (secondary N) is 1. The molecule has 0 bridgehead atoms. The molecule has 25 heavy (non-hydrogen) atoms. The minimum absolute atomic E-state index is 0.0260. The fraction of sp³-hybridized carbons (Fsp3) is 0.579. The van der Waals surface area contributed by atoms with Crippen LogP contribution in [0, 0.1) is 5.92 Å². The van der Waals surface area contributed by atoms with E-state index in [1.807, 2.05) is 4.90 Å². The lowest BCUT2D eigenvalue weighted by Gasteiger charge is -2.44. The molecule has 2 aliphatic rings. The van der Waals surface area contributed by atoms with Crippen LogP contribution in [0.4, 0.5) is 10.5 Å². The number of hydrogen-bond acceptors (Lipinski definition) is 4. The first-order valence-corrected chi connectivity index (χ1v) is 8.98. The number of benzene rings is 1. The Morgan fingerprint density at radius 1 is 1.12 bits per heavy atom. The van der Waals surface area contributed by atoms with Gasteiger partial charge in [-0.3, -0.25) is 10.1 Å². The number of ether oxygens (including phenoxy) is 2. The number of likely N-dealkylation sites (tertiary alicyclic amines) is 1. The maximum Gasteiger partial charge on any atom is 0.411 e. The third kappa shape index (κ3) is 3.72. The average Bonchev–Trinajstić information content (AvgIpc) is 2.66. The summed E-state index contributed by atoms with van der Waals surface area (Å²) in [5.74, 6) is 1.13. The number of rotatable bonds is 3. The van der Waals surface area contributed by atoms with E-state index in [0.29, 0.717) is 29.0 Å². The molecular weight excluding hydrogens is 320 g/mol. The van der Waals surface area contributed by atoms with Crippen molar-refractivity contribution in [1.29, 1.82) is 0 Å². The Morgan fingerprint density at radius 3 is 2.64 bits per heavy atom. The summed E-state index contributed by atoms with van der Waals surface area (Å²) in [7, 11) is 2.84. The van der Waals surface area contributed by atoms with Gasteiger partial charge in [-0.1, -0.05) is 12.8 Å². The van der Waals surface area contributed by atoms with Gasteiger partial charge < -0.3 is 14.4 Å². The van der Waals surface area contributed by atoms with Gasteiger partial charge >= 0.3 is 6.09 Å². The van der Waals surface area contributed by atoms with Crippen LogP contribution < -0.4 is 10.1 Å². The molecule has 2 fully saturated rings. The van der Waals surface area contributed by atoms with Crippen molar-refractivity contribution in [3.8, 4) is 5.75 Å². The number of nitrogens with zero attached hydrogens (tertiary/aromatic N) is 1. The maximum atomic E-state index is 13.2. The second-order valence-electron chi connectivity index (χ2n) is 6.78. The number of anilines is 1. The molecule has 0 aromatic heterocycles. The largest absolute Gasteiger partial charge is 0.496 e. The normalized spacial score (nSPS) is 22.7. The van der Waals surface area contributed by atoms with E-state index in [0.717, 1.165) is 19.4 Å². The number of piperidine rings is 1. The van der Waals surface area contributed by atoms with Gasteiger partial charge in [0, 0.05) is 24.3 Å². The van der Waals surface area contributed by atoms with Gasteiger partial charge in [0.2, 0.25) is 0 Å². The fourth-order valence-corrected chi connectivity index (χ4v) is 4.15. The van der Waals surface area contributed by atoms with Crippen LogP contribution in [0.3, 0.4) is 0 Å². The van der Waals surface area contributed by atoms with E-state index in [1.165, 1.54) is 39.9 Å². The van der Waals surface area contributed by atoms with Crippen molar-refractivity contribution < 1.29 is 19.1 Å². The third-order valence-electron chi connectivity index (χ3n) is 5.37. The van der Waals surface area contributed by atoms with E-state index in [9.17, 15) is 9.59 Å². The van der Waals surface area contributed by atoms with E-state index >= 15 is 0 Å². The molecule has 1 aliphatic heterocycles. The van der Waals surface area contributed by atoms with Crippen LogP contribution in [0.25, 0.3) is 0 Å². The predicted octanol–water partition coefficient (Wildman–Crippen LogP) is 3.67. The van der Waals surface area contributed by atoms with Crippen molar-refractivity contribution in [3.05, 3.63) is 23.8 Å². The molecule has 0 unspecified atom stereocenters. The summed E-state index contributed by atoms with van der Waals surface area (Å²) in [5, 5.41) is 2.59. The monoisotopic (exact) mass is 346 g/mol. The second kappa shape index (κ2) is 7.76. The van der Waals surface area contributed by atoms with Gasteiger partial charge in [0.15, 0.2) is 0 Å². The van der Waals surface area contributed by atoms with E-state index in [1.54, 1.807) is 18.2 Å². The van der Waals surface area contributed by atoms with Crippen molar-refractivity contribution in [1.82, 2.24) is 4.90 Å². The number of carbonyl (C=O) groups is 2. The quantitative estimate of drug-likeness (QED) is 0.907. The Hall–Kier alpha value is -2.24. The molecule has 1 aromatic rings. The summed E-state index contributed by atoms with van der Waals surface area (Å²) in [6, 6.07) is 5.44. The molecule has 6 nitrogen and oxygen atoms in total. The van der Waals surface area contributed by atoms with Crippen LogP contribution in [-0.2, 0) is 4.74 Å². The van der Waals surface area contributed by atoms with Crippen molar-refractivity contribution in [2.24, 2.45) is 5.92 Å². The molecule has 1 aromatic carbocycles. The predicted molar refractivity (Wildman–Crippen MR) is 95.0 cm³/mol. The van der Waals surface area contributed by atoms with Gasteiger partial charge in [0.25, 0.3) is 5.91 Å². The topological polar surface area (TPSA) is 67.9 Å². The second-order valence-corrected chi connectivity index (χ2v) is 6.78. The molecule has 136 valence electrons. The first-order chi connectivity index (χ1) is 12.1. The van der Waals surface area contributed by atoms with Crippen molar-refractivity contribution >= 4 is 17.7 Å². The molecule has 6 heteroatoms. The van der Waals surface area contributed by atoms with E-state index in [2.05, 4.69) is 10.1 Å². The third-order valence-corrected chi connectivity index (χ3v) is 5.37. The average molecular weight is 346 g/mol. The first kappa shape index (κ1) is 17.6. The van der Waals surface area contributed by atoms with Gasteiger partial charge in [0.05, 0.1) is 19.8 Å². The summed E-state index contributed by atoms with van der Waals surface area (Å²) in [6.45, 7) is 0.811. The highest BCUT2D eigenvalue weighted by atomic mass is 16.5. The molecular formula is C19H26N2O4. The SMILES string of the molecule is COC(=O)Nc1ccc(C(=O)N2CCC[C@H]3CCCC[C@H]32)c(OC)c1. The minimum Gasteiger partial charge on any atom is -0.496 e. The van der Waals surface area contributed by atoms with Crippen LogP contribution in [0.15, 0.2) is 18.2 Å². The fourth-order valence-electron chi connectivity index (χ4n) is 4.15. The van der Waals surface area contributed by atoms with E-state index in [-0.39, 0.29) is 5.91 Å². The molecule has 1 heterocycles. The van der Waals surface area contributed by atoms with Crippen LogP contribution in [0.5, 0.6) is 5.75 Å². The Morgan fingerprint density at radius 2 is 1.88 bits per heavy atom. The molecule has 1 N–H and O–H groups in total. The first-order valence-electron chi connectivity index (χ1n) is 8.98. The Balaban J connectivity index is 1.82. The van der Waals surface area contributed by atoms with Gasteiger partial charge in [-0.05, 0) is 43.7 Å². The Bertz CT molecular complexity index is 644. The Labute approximate surface area is 148 Å². The number of fused-ring (bicyclic) bond motifs is 1. The maximum absolute atomic E-state index is 13.2. The van der Waals surface area contributed by atoms with Gasteiger partial charge in [-0.25, -0.2) is 4.79 Å². The van der Waals surface area contributed by atoms with Gasteiger partial charge in [-0.15, -0.1) is 0 Å². The van der Waals surface area contributed by atoms with E-state index in [4.69, 9.17) is 4.74 Å². The Kier molecular flexibility index (Phi) is 5.46. The molecule has 1 saturated heterocycles. The lowest BCUT2D eigenvalue weighted by Crippen LogP contribution is -2.49. The van der Waals surface area contributed by atoms with Crippen LogP contribution in [0.2, 0.25) is 0 Å². The standard InChI is InChI=1S/C19H26N2O4/c1-24-17-12-14(20-19(23)25-2)9-10-15(17)18(22)21-11-5-7-13-6-3-4-8-16(13)21/h9-10,12-13,16H,3-8,11H2,1-2H3,(H,20,23)/t13-,16-/m1/s1. The molecule has 0 spiro atoms. The number of amides is 2.